The Hall–Kier alpha value is -0.900. The number of thiazole rings is 1. The standard InChI is InChI=1S/C12H9Cl2NOS/c1-7-2-3-8(4-9(7)14)12-15-10(6-17-12)11(16)5-13/h2-4,6H,5H2,1H3. The van der Waals surface area contributed by atoms with Crippen LogP contribution < -0.4 is 0 Å². The minimum Gasteiger partial charge on any atom is -0.291 e. The van der Waals surface area contributed by atoms with Crippen molar-refractivity contribution in [3.05, 3.63) is 39.9 Å². The quantitative estimate of drug-likeness (QED) is 0.625. The Morgan fingerprint density at radius 2 is 2.24 bits per heavy atom. The molecule has 1 aromatic heterocycles. The summed E-state index contributed by atoms with van der Waals surface area (Å²) in [7, 11) is 0. The van der Waals surface area contributed by atoms with E-state index in [4.69, 9.17) is 23.2 Å². The number of halogens is 2. The number of hydrogen-bond donors (Lipinski definition) is 0. The maximum atomic E-state index is 11.4. The summed E-state index contributed by atoms with van der Waals surface area (Å²) in [6.07, 6.45) is 0. The second kappa shape index (κ2) is 5.17. The lowest BCUT2D eigenvalue weighted by Gasteiger charge is -2.00. The first-order chi connectivity index (χ1) is 8.11. The second-order valence-electron chi connectivity index (χ2n) is 3.56. The van der Waals surface area contributed by atoms with Crippen molar-refractivity contribution >= 4 is 40.3 Å². The number of aromatic nitrogens is 1. The van der Waals surface area contributed by atoms with Gasteiger partial charge in [0.15, 0.2) is 5.78 Å². The Bertz CT molecular complexity index is 565. The molecule has 0 unspecified atom stereocenters. The minimum absolute atomic E-state index is 0.0438. The number of ketones is 1. The highest BCUT2D eigenvalue weighted by molar-refractivity contribution is 7.13. The van der Waals surface area contributed by atoms with Crippen LogP contribution in [0.3, 0.4) is 0 Å². The van der Waals surface area contributed by atoms with E-state index >= 15 is 0 Å². The zero-order valence-corrected chi connectivity index (χ0v) is 11.4. The summed E-state index contributed by atoms with van der Waals surface area (Å²) in [5.74, 6) is -0.204. The number of carbonyl (C=O) groups excluding carboxylic acids is 1. The van der Waals surface area contributed by atoms with Crippen molar-refractivity contribution in [1.29, 1.82) is 0 Å². The summed E-state index contributed by atoms with van der Waals surface area (Å²) in [4.78, 5) is 15.6. The van der Waals surface area contributed by atoms with Crippen molar-refractivity contribution in [2.75, 3.05) is 5.88 Å². The number of nitrogens with zero attached hydrogens (tertiary/aromatic N) is 1. The van der Waals surface area contributed by atoms with Crippen molar-refractivity contribution in [3.63, 3.8) is 0 Å². The van der Waals surface area contributed by atoms with Gasteiger partial charge in [-0.05, 0) is 18.6 Å². The number of Topliss-reactive ketones (excluding diaryl/α,β-unsaturated/α-hetero) is 1. The van der Waals surface area contributed by atoms with E-state index in [1.54, 1.807) is 5.38 Å². The van der Waals surface area contributed by atoms with Crippen LogP contribution in [0.4, 0.5) is 0 Å². The van der Waals surface area contributed by atoms with Crippen LogP contribution in [0.1, 0.15) is 16.1 Å². The first-order valence-electron chi connectivity index (χ1n) is 4.93. The number of alkyl halides is 1. The third-order valence-corrected chi connectivity index (χ3v) is 3.87. The van der Waals surface area contributed by atoms with E-state index in [9.17, 15) is 4.79 Å². The van der Waals surface area contributed by atoms with E-state index in [-0.39, 0.29) is 11.7 Å². The largest absolute Gasteiger partial charge is 0.291 e. The fraction of sp³-hybridized carbons (Fsp3) is 0.167. The molecule has 0 spiro atoms. The SMILES string of the molecule is Cc1ccc(-c2nc(C(=O)CCl)cs2)cc1Cl. The Balaban J connectivity index is 2.37. The smallest absolute Gasteiger partial charge is 0.196 e. The van der Waals surface area contributed by atoms with Crippen LogP contribution in [-0.2, 0) is 0 Å². The number of aryl methyl sites for hydroxylation is 1. The molecule has 0 aliphatic heterocycles. The molecule has 0 N–H and O–H groups in total. The molecule has 0 radical (unpaired) electrons. The number of hydrogen-bond acceptors (Lipinski definition) is 3. The van der Waals surface area contributed by atoms with Gasteiger partial charge < -0.3 is 0 Å². The van der Waals surface area contributed by atoms with Gasteiger partial charge in [-0.1, -0.05) is 23.7 Å². The van der Waals surface area contributed by atoms with Gasteiger partial charge in [-0.25, -0.2) is 4.98 Å². The fourth-order valence-corrected chi connectivity index (χ4v) is 2.47. The Morgan fingerprint density at radius 1 is 1.47 bits per heavy atom. The molecule has 88 valence electrons. The van der Waals surface area contributed by atoms with Gasteiger partial charge in [-0.2, -0.15) is 0 Å². The van der Waals surface area contributed by atoms with Gasteiger partial charge in [0, 0.05) is 16.0 Å². The van der Waals surface area contributed by atoms with Gasteiger partial charge in [-0.15, -0.1) is 22.9 Å². The molecule has 0 amide bonds. The van der Waals surface area contributed by atoms with Gasteiger partial charge in [-0.3, -0.25) is 4.79 Å². The molecule has 5 heteroatoms. The molecule has 1 heterocycles. The first kappa shape index (κ1) is 12.6. The summed E-state index contributed by atoms with van der Waals surface area (Å²) in [6.45, 7) is 1.94. The van der Waals surface area contributed by atoms with Gasteiger partial charge >= 0.3 is 0 Å². The van der Waals surface area contributed by atoms with Crippen LogP contribution >= 0.6 is 34.5 Å². The summed E-state index contributed by atoms with van der Waals surface area (Å²) in [5, 5.41) is 3.19. The number of carbonyl (C=O) groups is 1. The molecule has 2 nitrogen and oxygen atoms in total. The maximum Gasteiger partial charge on any atom is 0.196 e. The van der Waals surface area contributed by atoms with E-state index in [1.807, 2.05) is 25.1 Å². The monoisotopic (exact) mass is 285 g/mol. The molecular weight excluding hydrogens is 277 g/mol. The van der Waals surface area contributed by atoms with E-state index in [0.717, 1.165) is 16.1 Å². The van der Waals surface area contributed by atoms with Gasteiger partial charge in [0.05, 0.1) is 5.88 Å². The van der Waals surface area contributed by atoms with Gasteiger partial charge in [0.1, 0.15) is 10.7 Å². The minimum atomic E-state index is -0.160. The van der Waals surface area contributed by atoms with Crippen LogP contribution in [0.25, 0.3) is 10.6 Å². The van der Waals surface area contributed by atoms with Crippen molar-refractivity contribution in [1.82, 2.24) is 4.98 Å². The molecule has 0 saturated heterocycles. The van der Waals surface area contributed by atoms with Gasteiger partial charge in [0.25, 0.3) is 0 Å². The predicted octanol–water partition coefficient (Wildman–Crippen LogP) is 4.19. The topological polar surface area (TPSA) is 30.0 Å². The third-order valence-electron chi connectivity index (χ3n) is 2.33. The molecule has 0 saturated carbocycles. The van der Waals surface area contributed by atoms with Crippen LogP contribution in [0, 0.1) is 6.92 Å². The highest BCUT2D eigenvalue weighted by Crippen LogP contribution is 2.28. The molecule has 0 aliphatic rings. The third kappa shape index (κ3) is 2.68. The van der Waals surface area contributed by atoms with Gasteiger partial charge in [0.2, 0.25) is 0 Å². The maximum absolute atomic E-state index is 11.4. The summed E-state index contributed by atoms with van der Waals surface area (Å²) in [5.41, 5.74) is 2.35. The highest BCUT2D eigenvalue weighted by Gasteiger charge is 2.11. The molecule has 1 aromatic carbocycles. The lowest BCUT2D eigenvalue weighted by atomic mass is 10.1. The molecule has 2 aromatic rings. The van der Waals surface area contributed by atoms with Crippen LogP contribution in [0.5, 0.6) is 0 Å². The van der Waals surface area contributed by atoms with E-state index in [2.05, 4.69) is 4.98 Å². The van der Waals surface area contributed by atoms with Crippen molar-refractivity contribution in [3.8, 4) is 10.6 Å². The second-order valence-corrected chi connectivity index (χ2v) is 5.09. The van der Waals surface area contributed by atoms with Crippen molar-refractivity contribution in [2.45, 2.75) is 6.92 Å². The normalized spacial score (nSPS) is 10.5. The number of rotatable bonds is 3. The zero-order valence-electron chi connectivity index (χ0n) is 9.04. The predicted molar refractivity (Wildman–Crippen MR) is 72.3 cm³/mol. The van der Waals surface area contributed by atoms with Crippen LogP contribution in [-0.4, -0.2) is 16.6 Å². The fourth-order valence-electron chi connectivity index (χ4n) is 1.33. The first-order valence-corrected chi connectivity index (χ1v) is 6.72. The molecule has 0 atom stereocenters. The molecular formula is C12H9Cl2NOS. The Labute approximate surface area is 113 Å². The molecule has 17 heavy (non-hydrogen) atoms. The van der Waals surface area contributed by atoms with E-state index in [0.29, 0.717) is 10.7 Å². The summed E-state index contributed by atoms with van der Waals surface area (Å²) < 4.78 is 0. The summed E-state index contributed by atoms with van der Waals surface area (Å²) in [6, 6.07) is 5.72. The highest BCUT2D eigenvalue weighted by atomic mass is 35.5. The Morgan fingerprint density at radius 3 is 2.88 bits per heavy atom. The average Bonchev–Trinajstić information content (AvgIpc) is 2.81. The molecule has 0 bridgehead atoms. The van der Waals surface area contributed by atoms with E-state index in [1.165, 1.54) is 11.3 Å². The van der Waals surface area contributed by atoms with Crippen molar-refractivity contribution in [2.24, 2.45) is 0 Å². The van der Waals surface area contributed by atoms with Crippen molar-refractivity contribution < 1.29 is 4.79 Å². The lowest BCUT2D eigenvalue weighted by Crippen LogP contribution is -2.00. The zero-order chi connectivity index (χ0) is 12.4. The molecule has 0 fully saturated rings. The summed E-state index contributed by atoms with van der Waals surface area (Å²) >= 11 is 12.9. The van der Waals surface area contributed by atoms with E-state index < -0.39 is 0 Å². The Kier molecular flexibility index (Phi) is 3.82. The molecule has 2 rings (SSSR count). The average molecular weight is 286 g/mol. The lowest BCUT2D eigenvalue weighted by molar-refractivity contribution is 0.101. The van der Waals surface area contributed by atoms with Crippen LogP contribution in [0.2, 0.25) is 5.02 Å². The number of benzene rings is 1. The van der Waals surface area contributed by atoms with Crippen LogP contribution in [0.15, 0.2) is 23.6 Å². The molecule has 0 aliphatic carbocycles.